The summed E-state index contributed by atoms with van der Waals surface area (Å²) < 4.78 is 18.2. The van der Waals surface area contributed by atoms with Crippen molar-refractivity contribution < 1.29 is 13.9 Å². The first kappa shape index (κ1) is 18.2. The van der Waals surface area contributed by atoms with Gasteiger partial charge in [0.25, 0.3) is 0 Å². The molecule has 0 aliphatic carbocycles. The Kier molecular flexibility index (Phi) is 6.10. The summed E-state index contributed by atoms with van der Waals surface area (Å²) in [4.78, 5) is 14.5. The van der Waals surface area contributed by atoms with Gasteiger partial charge in [0.2, 0.25) is 0 Å². The van der Waals surface area contributed by atoms with Crippen molar-refractivity contribution in [3.63, 3.8) is 0 Å². The highest BCUT2D eigenvalue weighted by Gasteiger charge is 2.23. The highest BCUT2D eigenvalue weighted by Crippen LogP contribution is 2.28. The molecule has 0 aromatic heterocycles. The molecule has 1 aliphatic heterocycles. The van der Waals surface area contributed by atoms with Crippen LogP contribution < -0.4 is 10.1 Å². The standard InChI is InChI=1S/C21H25FN2O2/c1-26-20-11-7-17(8-12-20)18-4-2-3-13-24(15-18)21(25)23-14-16-5-9-19(22)10-6-16/h5-12,18H,2-4,13-15H2,1H3,(H,23,25). The molecule has 2 amide bonds. The van der Waals surface area contributed by atoms with Crippen LogP contribution in [-0.4, -0.2) is 31.1 Å². The summed E-state index contributed by atoms with van der Waals surface area (Å²) in [6.07, 6.45) is 3.20. The predicted molar refractivity (Wildman–Crippen MR) is 99.8 cm³/mol. The molecule has 0 spiro atoms. The Morgan fingerprint density at radius 3 is 2.58 bits per heavy atom. The first-order valence-corrected chi connectivity index (χ1v) is 9.07. The second kappa shape index (κ2) is 8.70. The van der Waals surface area contributed by atoms with Gasteiger partial charge in [-0.15, -0.1) is 0 Å². The van der Waals surface area contributed by atoms with Gasteiger partial charge in [-0.3, -0.25) is 0 Å². The lowest BCUT2D eigenvalue weighted by Crippen LogP contribution is -2.41. The van der Waals surface area contributed by atoms with E-state index < -0.39 is 0 Å². The lowest BCUT2D eigenvalue weighted by Gasteiger charge is -2.25. The van der Waals surface area contributed by atoms with Crippen LogP contribution in [0.5, 0.6) is 5.75 Å². The maximum Gasteiger partial charge on any atom is 0.317 e. The molecule has 0 radical (unpaired) electrons. The lowest BCUT2D eigenvalue weighted by molar-refractivity contribution is 0.197. The normalized spacial score (nSPS) is 17.5. The van der Waals surface area contributed by atoms with Crippen LogP contribution in [-0.2, 0) is 6.54 Å². The fourth-order valence-corrected chi connectivity index (χ4v) is 3.37. The molecule has 5 heteroatoms. The molecule has 1 atom stereocenters. The Morgan fingerprint density at radius 2 is 1.88 bits per heavy atom. The highest BCUT2D eigenvalue weighted by atomic mass is 19.1. The van der Waals surface area contributed by atoms with Crippen molar-refractivity contribution in [2.24, 2.45) is 0 Å². The first-order chi connectivity index (χ1) is 12.7. The minimum atomic E-state index is -0.269. The number of methoxy groups -OCH3 is 1. The number of hydrogen-bond acceptors (Lipinski definition) is 2. The van der Waals surface area contributed by atoms with Crippen LogP contribution in [0, 0.1) is 5.82 Å². The van der Waals surface area contributed by atoms with E-state index in [1.807, 2.05) is 17.0 Å². The monoisotopic (exact) mass is 356 g/mol. The third kappa shape index (κ3) is 4.75. The van der Waals surface area contributed by atoms with E-state index in [1.54, 1.807) is 19.2 Å². The Morgan fingerprint density at radius 1 is 1.15 bits per heavy atom. The van der Waals surface area contributed by atoms with Gasteiger partial charge in [0.1, 0.15) is 11.6 Å². The largest absolute Gasteiger partial charge is 0.497 e. The number of rotatable bonds is 4. The number of urea groups is 1. The molecule has 1 N–H and O–H groups in total. The van der Waals surface area contributed by atoms with E-state index in [9.17, 15) is 9.18 Å². The molecule has 1 aliphatic rings. The average Bonchev–Trinajstić information content (AvgIpc) is 2.94. The fraction of sp³-hybridized carbons (Fsp3) is 0.381. The molecule has 2 aromatic carbocycles. The van der Waals surface area contributed by atoms with Gasteiger partial charge in [-0.25, -0.2) is 9.18 Å². The third-order valence-corrected chi connectivity index (χ3v) is 4.90. The molecule has 26 heavy (non-hydrogen) atoms. The minimum Gasteiger partial charge on any atom is -0.497 e. The number of carbonyl (C=O) groups excluding carboxylic acids is 1. The van der Waals surface area contributed by atoms with Gasteiger partial charge in [-0.1, -0.05) is 30.7 Å². The van der Waals surface area contributed by atoms with E-state index in [4.69, 9.17) is 4.74 Å². The van der Waals surface area contributed by atoms with Gasteiger partial charge >= 0.3 is 6.03 Å². The number of nitrogens with zero attached hydrogens (tertiary/aromatic N) is 1. The van der Waals surface area contributed by atoms with E-state index >= 15 is 0 Å². The van der Waals surface area contributed by atoms with Gasteiger partial charge < -0.3 is 15.0 Å². The Balaban J connectivity index is 1.60. The molecule has 3 rings (SSSR count). The Hall–Kier alpha value is -2.56. The van der Waals surface area contributed by atoms with Gasteiger partial charge in [0.05, 0.1) is 7.11 Å². The minimum absolute atomic E-state index is 0.0604. The SMILES string of the molecule is COc1ccc(C2CCCCN(C(=O)NCc3ccc(F)cc3)C2)cc1. The zero-order valence-corrected chi connectivity index (χ0v) is 15.1. The van der Waals surface area contributed by atoms with Crippen LogP contribution in [0.1, 0.15) is 36.3 Å². The van der Waals surface area contributed by atoms with Crippen molar-refractivity contribution in [2.45, 2.75) is 31.7 Å². The second-order valence-electron chi connectivity index (χ2n) is 6.70. The Labute approximate surface area is 154 Å². The van der Waals surface area contributed by atoms with Crippen molar-refractivity contribution in [1.29, 1.82) is 0 Å². The third-order valence-electron chi connectivity index (χ3n) is 4.90. The van der Waals surface area contributed by atoms with Gasteiger partial charge in [0, 0.05) is 25.6 Å². The number of halogens is 1. The van der Waals surface area contributed by atoms with Crippen molar-refractivity contribution in [3.8, 4) is 5.75 Å². The van der Waals surface area contributed by atoms with Crippen LogP contribution in [0.3, 0.4) is 0 Å². The fourth-order valence-electron chi connectivity index (χ4n) is 3.37. The van der Waals surface area contributed by atoms with E-state index in [-0.39, 0.29) is 11.8 Å². The van der Waals surface area contributed by atoms with Crippen LogP contribution in [0.25, 0.3) is 0 Å². The molecule has 0 saturated carbocycles. The average molecular weight is 356 g/mol. The Bertz CT molecular complexity index is 716. The van der Waals surface area contributed by atoms with E-state index in [2.05, 4.69) is 17.4 Å². The summed E-state index contributed by atoms with van der Waals surface area (Å²) in [6.45, 7) is 1.88. The summed E-state index contributed by atoms with van der Waals surface area (Å²) in [5.74, 6) is 0.908. The maximum absolute atomic E-state index is 13.0. The summed E-state index contributed by atoms with van der Waals surface area (Å²) >= 11 is 0. The number of ether oxygens (including phenoxy) is 1. The smallest absolute Gasteiger partial charge is 0.317 e. The molecule has 1 fully saturated rings. The summed E-state index contributed by atoms with van der Waals surface area (Å²) in [5.41, 5.74) is 2.13. The van der Waals surface area contributed by atoms with Crippen LogP contribution in [0.15, 0.2) is 48.5 Å². The van der Waals surface area contributed by atoms with E-state index in [1.165, 1.54) is 17.7 Å². The quantitative estimate of drug-likeness (QED) is 0.887. The number of benzene rings is 2. The molecule has 2 aromatic rings. The number of nitrogens with one attached hydrogen (secondary N) is 1. The predicted octanol–water partition coefficient (Wildman–Crippen LogP) is 4.31. The highest BCUT2D eigenvalue weighted by molar-refractivity contribution is 5.74. The molecular formula is C21H25FN2O2. The summed E-state index contributed by atoms with van der Waals surface area (Å²) in [7, 11) is 1.66. The van der Waals surface area contributed by atoms with Crippen molar-refractivity contribution in [1.82, 2.24) is 10.2 Å². The number of amides is 2. The van der Waals surface area contributed by atoms with Crippen LogP contribution in [0.4, 0.5) is 9.18 Å². The molecule has 4 nitrogen and oxygen atoms in total. The van der Waals surface area contributed by atoms with Crippen LogP contribution >= 0.6 is 0 Å². The van der Waals surface area contributed by atoms with E-state index in [0.29, 0.717) is 19.0 Å². The van der Waals surface area contributed by atoms with Gasteiger partial charge in [0.15, 0.2) is 0 Å². The molecule has 1 heterocycles. The molecule has 0 bridgehead atoms. The van der Waals surface area contributed by atoms with Gasteiger partial charge in [-0.05, 0) is 48.2 Å². The van der Waals surface area contributed by atoms with E-state index in [0.717, 1.165) is 37.1 Å². The second-order valence-corrected chi connectivity index (χ2v) is 6.70. The molecule has 1 saturated heterocycles. The number of carbonyl (C=O) groups is 1. The number of hydrogen-bond donors (Lipinski definition) is 1. The molecular weight excluding hydrogens is 331 g/mol. The lowest BCUT2D eigenvalue weighted by atomic mass is 9.94. The van der Waals surface area contributed by atoms with Crippen molar-refractivity contribution in [2.75, 3.05) is 20.2 Å². The number of likely N-dealkylation sites (tertiary alicyclic amines) is 1. The molecule has 1 unspecified atom stereocenters. The first-order valence-electron chi connectivity index (χ1n) is 9.07. The molecule has 138 valence electrons. The summed E-state index contributed by atoms with van der Waals surface area (Å²) in [6, 6.07) is 14.3. The van der Waals surface area contributed by atoms with Crippen molar-refractivity contribution in [3.05, 3.63) is 65.5 Å². The van der Waals surface area contributed by atoms with Gasteiger partial charge in [-0.2, -0.15) is 0 Å². The topological polar surface area (TPSA) is 41.6 Å². The summed E-state index contributed by atoms with van der Waals surface area (Å²) in [5, 5.41) is 2.95. The zero-order valence-electron chi connectivity index (χ0n) is 15.1. The van der Waals surface area contributed by atoms with Crippen LogP contribution in [0.2, 0.25) is 0 Å². The zero-order chi connectivity index (χ0) is 18.4. The van der Waals surface area contributed by atoms with Crippen molar-refractivity contribution >= 4 is 6.03 Å². The maximum atomic E-state index is 13.0.